The van der Waals surface area contributed by atoms with Crippen molar-refractivity contribution in [2.45, 2.75) is 19.4 Å². The first kappa shape index (κ1) is 19.9. The van der Waals surface area contributed by atoms with Crippen LogP contribution in [0.1, 0.15) is 29.7 Å². The predicted octanol–water partition coefficient (Wildman–Crippen LogP) is 4.35. The second-order valence-electron chi connectivity index (χ2n) is 7.19. The van der Waals surface area contributed by atoms with Crippen LogP contribution in [0, 0.1) is 0 Å². The Morgan fingerprint density at radius 1 is 1.17 bits per heavy atom. The second kappa shape index (κ2) is 8.53. The van der Waals surface area contributed by atoms with Crippen LogP contribution >= 0.6 is 0 Å². The van der Waals surface area contributed by atoms with E-state index >= 15 is 0 Å². The van der Waals surface area contributed by atoms with Gasteiger partial charge in [0.2, 0.25) is 6.41 Å². The summed E-state index contributed by atoms with van der Waals surface area (Å²) in [6.07, 6.45) is 7.79. The average molecular weight is 406 g/mol. The number of methoxy groups -OCH3 is 2. The van der Waals surface area contributed by atoms with Crippen molar-refractivity contribution in [3.63, 3.8) is 0 Å². The van der Waals surface area contributed by atoms with Crippen molar-refractivity contribution >= 4 is 23.4 Å². The van der Waals surface area contributed by atoms with Crippen LogP contribution in [-0.2, 0) is 11.2 Å². The van der Waals surface area contributed by atoms with Crippen LogP contribution < -0.4 is 14.2 Å². The first-order valence-electron chi connectivity index (χ1n) is 10.1. The molecule has 30 heavy (non-hydrogen) atoms. The first-order chi connectivity index (χ1) is 14.7. The molecule has 4 rings (SSSR count). The maximum absolute atomic E-state index is 11.8. The third-order valence-corrected chi connectivity index (χ3v) is 5.55. The van der Waals surface area contributed by atoms with E-state index in [4.69, 9.17) is 14.2 Å². The van der Waals surface area contributed by atoms with Gasteiger partial charge in [-0.1, -0.05) is 12.2 Å². The SMILES string of the molecule is CCOc1cc2c(cc1OC)CCN(C=O)C2/C=C/c1c[nH]c2ccc(OC)cc12. The van der Waals surface area contributed by atoms with Crippen LogP contribution in [-0.4, -0.2) is 43.7 Å². The molecule has 1 amide bonds. The Morgan fingerprint density at radius 2 is 2.03 bits per heavy atom. The molecule has 3 aromatic rings. The molecule has 0 bridgehead atoms. The molecular weight excluding hydrogens is 380 g/mol. The van der Waals surface area contributed by atoms with E-state index in [-0.39, 0.29) is 6.04 Å². The van der Waals surface area contributed by atoms with E-state index < -0.39 is 0 Å². The number of carbonyl (C=O) groups is 1. The maximum Gasteiger partial charge on any atom is 0.210 e. The molecule has 6 heteroatoms. The lowest BCUT2D eigenvalue weighted by atomic mass is 9.91. The molecule has 1 aromatic heterocycles. The van der Waals surface area contributed by atoms with Crippen LogP contribution in [0.2, 0.25) is 0 Å². The van der Waals surface area contributed by atoms with Crippen LogP contribution in [0.4, 0.5) is 0 Å². The normalized spacial score (nSPS) is 16.0. The highest BCUT2D eigenvalue weighted by Crippen LogP contribution is 2.39. The lowest BCUT2D eigenvalue weighted by Gasteiger charge is -2.33. The first-order valence-corrected chi connectivity index (χ1v) is 10.1. The van der Waals surface area contributed by atoms with Gasteiger partial charge in [0.05, 0.1) is 26.9 Å². The minimum Gasteiger partial charge on any atom is -0.497 e. The highest BCUT2D eigenvalue weighted by atomic mass is 16.5. The highest BCUT2D eigenvalue weighted by molar-refractivity contribution is 5.90. The largest absolute Gasteiger partial charge is 0.497 e. The molecule has 0 spiro atoms. The Hall–Kier alpha value is -3.41. The lowest BCUT2D eigenvalue weighted by molar-refractivity contribution is -0.119. The van der Waals surface area contributed by atoms with Crippen molar-refractivity contribution < 1.29 is 19.0 Å². The van der Waals surface area contributed by atoms with Gasteiger partial charge < -0.3 is 24.1 Å². The third kappa shape index (κ3) is 3.61. The summed E-state index contributed by atoms with van der Waals surface area (Å²) in [6, 6.07) is 9.79. The molecule has 1 N–H and O–H groups in total. The number of ether oxygens (including phenoxy) is 3. The number of rotatable bonds is 7. The minimum atomic E-state index is -0.174. The van der Waals surface area contributed by atoms with E-state index in [1.165, 1.54) is 5.56 Å². The molecule has 2 aromatic carbocycles. The number of carbonyl (C=O) groups excluding carboxylic acids is 1. The summed E-state index contributed by atoms with van der Waals surface area (Å²) in [5.41, 5.74) is 4.31. The molecule has 1 unspecified atom stereocenters. The smallest absolute Gasteiger partial charge is 0.210 e. The molecular formula is C24H26N2O4. The fraction of sp³-hybridized carbons (Fsp3) is 0.292. The van der Waals surface area contributed by atoms with Gasteiger partial charge in [-0.25, -0.2) is 0 Å². The number of nitrogens with one attached hydrogen (secondary N) is 1. The number of nitrogens with zero attached hydrogens (tertiary/aromatic N) is 1. The molecule has 1 atom stereocenters. The number of amides is 1. The summed E-state index contributed by atoms with van der Waals surface area (Å²) >= 11 is 0. The van der Waals surface area contributed by atoms with E-state index in [0.717, 1.165) is 46.4 Å². The van der Waals surface area contributed by atoms with Gasteiger partial charge in [-0.2, -0.15) is 0 Å². The number of aromatic amines is 1. The van der Waals surface area contributed by atoms with Crippen molar-refractivity contribution in [1.82, 2.24) is 9.88 Å². The Labute approximate surface area is 176 Å². The summed E-state index contributed by atoms with van der Waals surface area (Å²) in [5.74, 6) is 2.23. The summed E-state index contributed by atoms with van der Waals surface area (Å²) < 4.78 is 16.6. The zero-order valence-electron chi connectivity index (χ0n) is 17.5. The zero-order chi connectivity index (χ0) is 21.1. The monoisotopic (exact) mass is 406 g/mol. The molecule has 0 saturated carbocycles. The van der Waals surface area contributed by atoms with E-state index in [9.17, 15) is 4.79 Å². The minimum absolute atomic E-state index is 0.174. The van der Waals surface area contributed by atoms with E-state index in [1.807, 2.05) is 48.4 Å². The summed E-state index contributed by atoms with van der Waals surface area (Å²) in [5, 5.41) is 1.07. The molecule has 156 valence electrons. The van der Waals surface area contributed by atoms with Crippen molar-refractivity contribution in [1.29, 1.82) is 0 Å². The number of fused-ring (bicyclic) bond motifs is 2. The van der Waals surface area contributed by atoms with E-state index in [2.05, 4.69) is 17.1 Å². The third-order valence-electron chi connectivity index (χ3n) is 5.55. The molecule has 6 nitrogen and oxygen atoms in total. The van der Waals surface area contributed by atoms with Gasteiger partial charge >= 0.3 is 0 Å². The van der Waals surface area contributed by atoms with Gasteiger partial charge in [0.25, 0.3) is 0 Å². The van der Waals surface area contributed by atoms with Crippen LogP contribution in [0.5, 0.6) is 17.2 Å². The maximum atomic E-state index is 11.8. The van der Waals surface area contributed by atoms with Crippen molar-refractivity contribution in [3.8, 4) is 17.2 Å². The molecule has 1 aliphatic rings. The fourth-order valence-corrected chi connectivity index (χ4v) is 4.02. The van der Waals surface area contributed by atoms with Crippen LogP contribution in [0.15, 0.2) is 42.6 Å². The number of hydrogen-bond donors (Lipinski definition) is 1. The van der Waals surface area contributed by atoms with Gasteiger partial charge in [-0.3, -0.25) is 4.79 Å². The number of hydrogen-bond acceptors (Lipinski definition) is 4. The molecule has 0 radical (unpaired) electrons. The van der Waals surface area contributed by atoms with Crippen LogP contribution in [0.3, 0.4) is 0 Å². The van der Waals surface area contributed by atoms with Crippen LogP contribution in [0.25, 0.3) is 17.0 Å². The van der Waals surface area contributed by atoms with Gasteiger partial charge in [0.1, 0.15) is 5.75 Å². The Bertz CT molecular complexity index is 1090. The summed E-state index contributed by atoms with van der Waals surface area (Å²) in [4.78, 5) is 16.9. The Kier molecular flexibility index (Phi) is 5.65. The van der Waals surface area contributed by atoms with E-state index in [1.54, 1.807) is 14.2 Å². The Balaban J connectivity index is 1.74. The molecule has 1 aliphatic heterocycles. The summed E-state index contributed by atoms with van der Waals surface area (Å²) in [6.45, 7) is 3.15. The van der Waals surface area contributed by atoms with Gasteiger partial charge in [0, 0.05) is 23.6 Å². The molecule has 0 saturated heterocycles. The Morgan fingerprint density at radius 3 is 2.77 bits per heavy atom. The zero-order valence-corrected chi connectivity index (χ0v) is 17.5. The van der Waals surface area contributed by atoms with Crippen molar-refractivity contribution in [2.24, 2.45) is 0 Å². The summed E-state index contributed by atoms with van der Waals surface area (Å²) in [7, 11) is 3.31. The standard InChI is InChI=1S/C24H26N2O4/c1-4-30-24-13-20-16(11-23(24)29-3)9-10-26(15-27)22(20)8-5-17-14-25-21-7-6-18(28-2)12-19(17)21/h5-8,11-15,22,25H,4,9-10H2,1-3H3/b8-5+. The highest BCUT2D eigenvalue weighted by Gasteiger charge is 2.26. The van der Waals surface area contributed by atoms with Crippen molar-refractivity contribution in [2.75, 3.05) is 27.4 Å². The van der Waals surface area contributed by atoms with Gasteiger partial charge in [-0.05, 0) is 60.4 Å². The van der Waals surface area contributed by atoms with Gasteiger partial charge in [0.15, 0.2) is 11.5 Å². The second-order valence-corrected chi connectivity index (χ2v) is 7.19. The quantitative estimate of drug-likeness (QED) is 0.593. The van der Waals surface area contributed by atoms with Gasteiger partial charge in [-0.15, -0.1) is 0 Å². The topological polar surface area (TPSA) is 63.8 Å². The van der Waals surface area contributed by atoms with E-state index in [0.29, 0.717) is 18.9 Å². The molecule has 0 aliphatic carbocycles. The average Bonchev–Trinajstić information content (AvgIpc) is 3.19. The number of H-pyrrole nitrogens is 1. The lowest BCUT2D eigenvalue weighted by Crippen LogP contribution is -2.33. The number of benzene rings is 2. The molecule has 0 fully saturated rings. The van der Waals surface area contributed by atoms with Crippen molar-refractivity contribution in [3.05, 3.63) is 59.3 Å². The predicted molar refractivity (Wildman–Crippen MR) is 117 cm³/mol. The molecule has 2 heterocycles. The fourth-order valence-electron chi connectivity index (χ4n) is 4.02. The number of aromatic nitrogens is 1.